The summed E-state index contributed by atoms with van der Waals surface area (Å²) in [5.74, 6) is -0.165. The Balaban J connectivity index is 1.88. The van der Waals surface area contributed by atoms with Gasteiger partial charge in [-0.3, -0.25) is 9.36 Å². The molecule has 0 bridgehead atoms. The summed E-state index contributed by atoms with van der Waals surface area (Å²) < 4.78 is 1.13. The summed E-state index contributed by atoms with van der Waals surface area (Å²) in [6.45, 7) is 5.43. The third-order valence-corrected chi connectivity index (χ3v) is 6.12. The van der Waals surface area contributed by atoms with Gasteiger partial charge in [-0.15, -0.1) is 0 Å². The van der Waals surface area contributed by atoms with E-state index in [1.165, 1.54) is 40.9 Å². The third-order valence-electron chi connectivity index (χ3n) is 4.96. The second-order valence-corrected chi connectivity index (χ2v) is 9.02. The van der Waals surface area contributed by atoms with Crippen LogP contribution in [0, 0.1) is 6.92 Å². The van der Waals surface area contributed by atoms with E-state index in [1.54, 1.807) is 13.8 Å². The predicted molar refractivity (Wildman–Crippen MR) is 105 cm³/mol. The summed E-state index contributed by atoms with van der Waals surface area (Å²) in [5.41, 5.74) is 3.48. The maximum atomic E-state index is 11.6. The van der Waals surface area contributed by atoms with Crippen LogP contribution in [0.2, 0.25) is 0 Å². The predicted octanol–water partition coefficient (Wildman–Crippen LogP) is 5.17. The molecule has 1 saturated carbocycles. The zero-order valence-electron chi connectivity index (χ0n) is 15.2. The summed E-state index contributed by atoms with van der Waals surface area (Å²) >= 11 is 1.28. The van der Waals surface area contributed by atoms with Crippen molar-refractivity contribution in [1.29, 1.82) is 0 Å². The first-order valence-corrected chi connectivity index (χ1v) is 9.69. The van der Waals surface area contributed by atoms with Crippen LogP contribution < -0.4 is 0 Å². The minimum atomic E-state index is -0.945. The van der Waals surface area contributed by atoms with Crippen molar-refractivity contribution in [2.45, 2.75) is 49.4 Å². The van der Waals surface area contributed by atoms with Gasteiger partial charge in [0.1, 0.15) is 4.75 Å². The summed E-state index contributed by atoms with van der Waals surface area (Å²) in [4.78, 5) is 16.1. The molecule has 3 aromatic rings. The zero-order chi connectivity index (χ0) is 18.5. The SMILES string of the molecule is Cc1cnc(SC(C)(C)C(=O)O)n1-c1ccc(C2CC2)c2ccccc12. The van der Waals surface area contributed by atoms with Gasteiger partial charge in [0.05, 0.1) is 5.69 Å². The Labute approximate surface area is 157 Å². The van der Waals surface area contributed by atoms with Gasteiger partial charge in [0.2, 0.25) is 0 Å². The van der Waals surface area contributed by atoms with E-state index in [0.717, 1.165) is 11.4 Å². The molecule has 0 unspecified atom stereocenters. The summed E-state index contributed by atoms with van der Waals surface area (Å²) in [6.07, 6.45) is 4.34. The number of hydrogen-bond acceptors (Lipinski definition) is 3. The lowest BCUT2D eigenvalue weighted by Gasteiger charge is -2.20. The van der Waals surface area contributed by atoms with Crippen molar-refractivity contribution in [3.8, 4) is 5.69 Å². The average molecular weight is 366 g/mol. The molecule has 0 atom stereocenters. The first kappa shape index (κ1) is 17.2. The van der Waals surface area contributed by atoms with Crippen molar-refractivity contribution in [3.63, 3.8) is 0 Å². The highest BCUT2D eigenvalue weighted by atomic mass is 32.2. The highest BCUT2D eigenvalue weighted by molar-refractivity contribution is 8.01. The fourth-order valence-electron chi connectivity index (χ4n) is 3.30. The first-order chi connectivity index (χ1) is 12.4. The van der Waals surface area contributed by atoms with E-state index in [4.69, 9.17) is 0 Å². The molecule has 5 heteroatoms. The summed E-state index contributed by atoms with van der Waals surface area (Å²) in [6, 6.07) is 12.9. The number of hydrogen-bond donors (Lipinski definition) is 1. The molecule has 1 fully saturated rings. The molecule has 0 radical (unpaired) electrons. The van der Waals surface area contributed by atoms with Crippen LogP contribution in [0.25, 0.3) is 16.5 Å². The van der Waals surface area contributed by atoms with Crippen LogP contribution in [0.15, 0.2) is 47.8 Å². The van der Waals surface area contributed by atoms with Crippen LogP contribution in [0.5, 0.6) is 0 Å². The van der Waals surface area contributed by atoms with Crippen molar-refractivity contribution in [2.24, 2.45) is 0 Å². The molecule has 1 N–H and O–H groups in total. The number of thioether (sulfide) groups is 1. The number of carbonyl (C=O) groups is 1. The number of benzene rings is 2. The van der Waals surface area contributed by atoms with Crippen LogP contribution >= 0.6 is 11.8 Å². The number of nitrogens with zero attached hydrogens (tertiary/aromatic N) is 2. The minimum Gasteiger partial charge on any atom is -0.480 e. The van der Waals surface area contributed by atoms with E-state index < -0.39 is 10.7 Å². The minimum absolute atomic E-state index is 0.678. The van der Waals surface area contributed by atoms with Gasteiger partial charge in [0.25, 0.3) is 0 Å². The lowest BCUT2D eigenvalue weighted by Crippen LogP contribution is -2.27. The van der Waals surface area contributed by atoms with Crippen molar-refractivity contribution < 1.29 is 9.90 Å². The molecule has 0 amide bonds. The second kappa shape index (κ2) is 6.16. The van der Waals surface area contributed by atoms with E-state index in [2.05, 4.69) is 45.9 Å². The Morgan fingerprint density at radius 2 is 1.88 bits per heavy atom. The third kappa shape index (κ3) is 2.90. The molecule has 0 aliphatic heterocycles. The lowest BCUT2D eigenvalue weighted by atomic mass is 9.99. The van der Waals surface area contributed by atoms with E-state index in [9.17, 15) is 9.90 Å². The van der Waals surface area contributed by atoms with Crippen molar-refractivity contribution >= 4 is 28.5 Å². The number of carboxylic acids is 1. The fraction of sp³-hybridized carbons (Fsp3) is 0.333. The van der Waals surface area contributed by atoms with Crippen molar-refractivity contribution in [3.05, 3.63) is 53.9 Å². The van der Waals surface area contributed by atoms with Crippen LogP contribution in [-0.2, 0) is 4.79 Å². The molecule has 1 aliphatic carbocycles. The van der Waals surface area contributed by atoms with Gasteiger partial charge in [-0.2, -0.15) is 0 Å². The maximum Gasteiger partial charge on any atom is 0.319 e. The Kier molecular flexibility index (Phi) is 4.07. The number of aliphatic carboxylic acids is 1. The summed E-state index contributed by atoms with van der Waals surface area (Å²) in [5, 5.41) is 12.7. The Bertz CT molecular complexity index is 1000. The van der Waals surface area contributed by atoms with Gasteiger partial charge in [-0.1, -0.05) is 42.1 Å². The van der Waals surface area contributed by atoms with Crippen LogP contribution in [-0.4, -0.2) is 25.4 Å². The van der Waals surface area contributed by atoms with Crippen LogP contribution in [0.1, 0.15) is 43.9 Å². The summed E-state index contributed by atoms with van der Waals surface area (Å²) in [7, 11) is 0. The fourth-order valence-corrected chi connectivity index (χ4v) is 4.29. The molecule has 0 saturated heterocycles. The highest BCUT2D eigenvalue weighted by Gasteiger charge is 2.31. The van der Waals surface area contributed by atoms with E-state index in [0.29, 0.717) is 11.1 Å². The number of carboxylic acid groups (broad SMARTS) is 1. The molecular weight excluding hydrogens is 344 g/mol. The van der Waals surface area contributed by atoms with Gasteiger partial charge >= 0.3 is 5.97 Å². The quantitative estimate of drug-likeness (QED) is 0.633. The number of aryl methyl sites for hydroxylation is 1. The van der Waals surface area contributed by atoms with Crippen LogP contribution in [0.3, 0.4) is 0 Å². The molecule has 0 spiro atoms. The molecule has 1 aromatic heterocycles. The Morgan fingerprint density at radius 3 is 2.54 bits per heavy atom. The molecule has 1 aliphatic rings. The van der Waals surface area contributed by atoms with Gasteiger partial charge in [-0.25, -0.2) is 4.98 Å². The largest absolute Gasteiger partial charge is 0.480 e. The molecule has 134 valence electrons. The average Bonchev–Trinajstić information content (AvgIpc) is 3.39. The maximum absolute atomic E-state index is 11.6. The molecule has 2 aromatic carbocycles. The number of imidazole rings is 1. The van der Waals surface area contributed by atoms with Crippen LogP contribution in [0.4, 0.5) is 0 Å². The van der Waals surface area contributed by atoms with Gasteiger partial charge in [0.15, 0.2) is 5.16 Å². The molecule has 26 heavy (non-hydrogen) atoms. The number of fused-ring (bicyclic) bond motifs is 1. The second-order valence-electron chi connectivity index (χ2n) is 7.43. The standard InChI is InChI=1S/C21H22N2O2S/c1-13-12-22-20(26-21(2,3)19(24)25)23(13)18-11-10-15(14-8-9-14)16-6-4-5-7-17(16)18/h4-7,10-12,14H,8-9H2,1-3H3,(H,24,25). The van der Waals surface area contributed by atoms with E-state index in [-0.39, 0.29) is 0 Å². The Morgan fingerprint density at radius 1 is 1.19 bits per heavy atom. The van der Waals surface area contributed by atoms with Gasteiger partial charge in [-0.05, 0) is 56.5 Å². The molecule has 4 rings (SSSR count). The topological polar surface area (TPSA) is 55.1 Å². The monoisotopic (exact) mass is 366 g/mol. The molecular formula is C21H22N2O2S. The number of aromatic nitrogens is 2. The van der Waals surface area contributed by atoms with E-state index in [1.807, 2.05) is 13.1 Å². The van der Waals surface area contributed by atoms with Crippen molar-refractivity contribution in [2.75, 3.05) is 0 Å². The van der Waals surface area contributed by atoms with Crippen molar-refractivity contribution in [1.82, 2.24) is 9.55 Å². The highest BCUT2D eigenvalue weighted by Crippen LogP contribution is 2.44. The van der Waals surface area contributed by atoms with E-state index >= 15 is 0 Å². The molecule has 4 nitrogen and oxygen atoms in total. The lowest BCUT2D eigenvalue weighted by molar-refractivity contribution is -0.138. The van der Waals surface area contributed by atoms with Gasteiger partial charge < -0.3 is 5.11 Å². The smallest absolute Gasteiger partial charge is 0.319 e. The number of rotatable bonds is 5. The first-order valence-electron chi connectivity index (χ1n) is 8.87. The van der Waals surface area contributed by atoms with Gasteiger partial charge in [0, 0.05) is 17.3 Å². The molecule has 1 heterocycles. The zero-order valence-corrected chi connectivity index (χ0v) is 16.0. The normalized spacial score (nSPS) is 14.7. The Hall–Kier alpha value is -2.27.